The second kappa shape index (κ2) is 7.61. The summed E-state index contributed by atoms with van der Waals surface area (Å²) in [5.74, 6) is 0.303. The highest BCUT2D eigenvalue weighted by molar-refractivity contribution is 5.76. The van der Waals surface area contributed by atoms with Crippen molar-refractivity contribution in [1.29, 1.82) is 0 Å². The van der Waals surface area contributed by atoms with Gasteiger partial charge in [0.2, 0.25) is 0 Å². The zero-order valence-corrected chi connectivity index (χ0v) is 17.1. The first-order valence-corrected chi connectivity index (χ1v) is 10.2. The van der Waals surface area contributed by atoms with Crippen molar-refractivity contribution in [2.45, 2.75) is 72.3 Å². The minimum absolute atomic E-state index is 0.0620. The number of hydrogen-bond donors (Lipinski definition) is 0. The topological polar surface area (TPSA) is 43.4 Å². The predicted octanol–water partition coefficient (Wildman–Crippen LogP) is 5.80. The van der Waals surface area contributed by atoms with Crippen LogP contribution in [-0.2, 0) is 14.3 Å². The van der Waals surface area contributed by atoms with Gasteiger partial charge >= 0.3 is 5.97 Å². The highest BCUT2D eigenvalue weighted by Gasteiger charge is 2.50. The lowest BCUT2D eigenvalue weighted by Gasteiger charge is -2.55. The highest BCUT2D eigenvalue weighted by atomic mass is 16.5. The number of hydrogen-bond acceptors (Lipinski definition) is 3. The van der Waals surface area contributed by atoms with Crippen molar-refractivity contribution in [2.75, 3.05) is 0 Å². The Bertz CT molecular complexity index is 731. The van der Waals surface area contributed by atoms with E-state index in [9.17, 15) is 9.59 Å². The van der Waals surface area contributed by atoms with E-state index >= 15 is 0 Å². The monoisotopic (exact) mass is 368 g/mol. The predicted molar refractivity (Wildman–Crippen MR) is 107 cm³/mol. The molecule has 0 spiro atoms. The van der Waals surface area contributed by atoms with Gasteiger partial charge in [-0.1, -0.05) is 68.7 Å². The van der Waals surface area contributed by atoms with Gasteiger partial charge in [0, 0.05) is 0 Å². The van der Waals surface area contributed by atoms with Gasteiger partial charge in [-0.05, 0) is 54.9 Å². The normalized spacial score (nSPS) is 28.2. The summed E-state index contributed by atoms with van der Waals surface area (Å²) in [4.78, 5) is 24.2. The molecule has 0 bridgehead atoms. The van der Waals surface area contributed by atoms with Crippen LogP contribution < -0.4 is 0 Å². The van der Waals surface area contributed by atoms with Crippen LogP contribution in [0.5, 0.6) is 0 Å². The Morgan fingerprint density at radius 2 is 1.93 bits per heavy atom. The summed E-state index contributed by atoms with van der Waals surface area (Å²) in [6.45, 7) is 9.27. The van der Waals surface area contributed by atoms with Crippen LogP contribution in [0.15, 0.2) is 41.5 Å². The van der Waals surface area contributed by atoms with Gasteiger partial charge in [-0.25, -0.2) is 0 Å². The third-order valence-corrected chi connectivity index (χ3v) is 7.07. The van der Waals surface area contributed by atoms with Crippen molar-refractivity contribution in [3.63, 3.8) is 0 Å². The van der Waals surface area contributed by atoms with E-state index in [-0.39, 0.29) is 11.4 Å². The molecule has 0 amide bonds. The van der Waals surface area contributed by atoms with E-state index in [4.69, 9.17) is 4.74 Å². The van der Waals surface area contributed by atoms with Crippen LogP contribution in [0.4, 0.5) is 0 Å². The minimum Gasteiger partial charge on any atom is -0.449 e. The minimum atomic E-state index is -0.824. The molecule has 27 heavy (non-hydrogen) atoms. The maximum atomic E-state index is 12.8. The van der Waals surface area contributed by atoms with Crippen LogP contribution in [0, 0.1) is 16.7 Å². The third-order valence-electron chi connectivity index (χ3n) is 7.07. The molecule has 1 fully saturated rings. The standard InChI is InChI=1S/C24H32O3/c1-17-11-12-21-23(2,3)13-8-14-24(21,4)19(17)15-22(26)27-20(16-25)18-9-6-5-7-10-18/h5-7,9-10,16,20-21H,8,11-15H2,1-4H3/t20-,21?,24+/m0/s1. The van der Waals surface area contributed by atoms with Gasteiger partial charge in [0.1, 0.15) is 0 Å². The van der Waals surface area contributed by atoms with Gasteiger partial charge < -0.3 is 4.74 Å². The molecule has 1 aromatic rings. The quantitative estimate of drug-likeness (QED) is 0.374. The van der Waals surface area contributed by atoms with Gasteiger partial charge in [0.25, 0.3) is 0 Å². The number of carbonyl (C=O) groups excluding carboxylic acids is 2. The first kappa shape index (κ1) is 19.9. The first-order valence-electron chi connectivity index (χ1n) is 10.2. The third kappa shape index (κ3) is 3.88. The Kier molecular flexibility index (Phi) is 5.60. The lowest BCUT2D eigenvalue weighted by Crippen LogP contribution is -2.45. The average molecular weight is 369 g/mol. The second-order valence-corrected chi connectivity index (χ2v) is 9.24. The molecular weight excluding hydrogens is 336 g/mol. The summed E-state index contributed by atoms with van der Waals surface area (Å²) >= 11 is 0. The van der Waals surface area contributed by atoms with Gasteiger partial charge in [-0.15, -0.1) is 0 Å². The van der Waals surface area contributed by atoms with E-state index in [0.29, 0.717) is 24.0 Å². The molecule has 2 aliphatic carbocycles. The molecule has 0 aliphatic heterocycles. The van der Waals surface area contributed by atoms with Gasteiger partial charge in [0.05, 0.1) is 6.42 Å². The molecule has 3 nitrogen and oxygen atoms in total. The molecule has 0 heterocycles. The Hall–Kier alpha value is -1.90. The fraction of sp³-hybridized carbons (Fsp3) is 0.583. The molecule has 1 unspecified atom stereocenters. The Balaban J connectivity index is 1.79. The van der Waals surface area contributed by atoms with Gasteiger partial charge in [-0.3, -0.25) is 9.59 Å². The van der Waals surface area contributed by atoms with E-state index < -0.39 is 6.10 Å². The molecule has 0 saturated heterocycles. The molecule has 1 saturated carbocycles. The van der Waals surface area contributed by atoms with E-state index in [2.05, 4.69) is 27.7 Å². The summed E-state index contributed by atoms with van der Waals surface area (Å²) in [6.07, 6.45) is 6.04. The molecular formula is C24H32O3. The molecule has 0 radical (unpaired) electrons. The van der Waals surface area contributed by atoms with E-state index in [1.807, 2.05) is 30.3 Å². The van der Waals surface area contributed by atoms with Crippen molar-refractivity contribution in [3.05, 3.63) is 47.0 Å². The number of rotatable bonds is 5. The SMILES string of the molecule is CC1=C(CC(=O)O[C@@H](C=O)c2ccccc2)[C@@]2(C)CCCC(C)(C)C2CC1. The maximum absolute atomic E-state index is 12.8. The Morgan fingerprint density at radius 1 is 1.22 bits per heavy atom. The average Bonchev–Trinajstić information content (AvgIpc) is 2.63. The number of allylic oxidation sites excluding steroid dienone is 1. The molecule has 1 aromatic carbocycles. The summed E-state index contributed by atoms with van der Waals surface area (Å²) < 4.78 is 5.57. The van der Waals surface area contributed by atoms with Crippen molar-refractivity contribution >= 4 is 12.3 Å². The lowest BCUT2D eigenvalue weighted by molar-refractivity contribution is -0.152. The molecule has 0 aromatic heterocycles. The van der Waals surface area contributed by atoms with Crippen molar-refractivity contribution in [3.8, 4) is 0 Å². The zero-order valence-electron chi connectivity index (χ0n) is 17.1. The number of carbonyl (C=O) groups is 2. The van der Waals surface area contributed by atoms with Crippen molar-refractivity contribution in [2.24, 2.45) is 16.7 Å². The maximum Gasteiger partial charge on any atom is 0.310 e. The number of esters is 1. The molecule has 3 rings (SSSR count). The first-order chi connectivity index (χ1) is 12.8. The summed E-state index contributed by atoms with van der Waals surface area (Å²) in [7, 11) is 0. The summed E-state index contributed by atoms with van der Waals surface area (Å²) in [5.41, 5.74) is 3.68. The summed E-state index contributed by atoms with van der Waals surface area (Å²) in [5, 5.41) is 0. The lowest BCUT2D eigenvalue weighted by atomic mass is 9.50. The van der Waals surface area contributed by atoms with Crippen LogP contribution >= 0.6 is 0 Å². The molecule has 146 valence electrons. The zero-order chi connectivity index (χ0) is 19.7. The number of aldehydes is 1. The second-order valence-electron chi connectivity index (χ2n) is 9.24. The summed E-state index contributed by atoms with van der Waals surface area (Å²) in [6, 6.07) is 9.22. The number of ether oxygens (including phenoxy) is 1. The molecule has 3 heteroatoms. The van der Waals surface area contributed by atoms with Crippen LogP contribution in [-0.4, -0.2) is 12.3 Å². The van der Waals surface area contributed by atoms with Gasteiger partial charge in [-0.2, -0.15) is 0 Å². The van der Waals surface area contributed by atoms with E-state index in [0.717, 1.165) is 18.4 Å². The fourth-order valence-corrected chi connectivity index (χ4v) is 5.69. The molecule has 0 N–H and O–H groups in total. The Morgan fingerprint density at radius 3 is 2.59 bits per heavy atom. The molecule has 3 atom stereocenters. The van der Waals surface area contributed by atoms with Crippen LogP contribution in [0.2, 0.25) is 0 Å². The largest absolute Gasteiger partial charge is 0.449 e. The van der Waals surface area contributed by atoms with E-state index in [1.165, 1.54) is 30.4 Å². The Labute approximate surface area is 163 Å². The highest BCUT2D eigenvalue weighted by Crippen LogP contribution is 2.60. The van der Waals surface area contributed by atoms with Crippen LogP contribution in [0.3, 0.4) is 0 Å². The van der Waals surface area contributed by atoms with Crippen LogP contribution in [0.25, 0.3) is 0 Å². The van der Waals surface area contributed by atoms with Gasteiger partial charge in [0.15, 0.2) is 12.4 Å². The van der Waals surface area contributed by atoms with Crippen molar-refractivity contribution < 1.29 is 14.3 Å². The van der Waals surface area contributed by atoms with E-state index in [1.54, 1.807) is 0 Å². The van der Waals surface area contributed by atoms with Crippen molar-refractivity contribution in [1.82, 2.24) is 0 Å². The number of fused-ring (bicyclic) bond motifs is 1. The fourth-order valence-electron chi connectivity index (χ4n) is 5.69. The molecule has 2 aliphatic rings. The number of benzene rings is 1. The smallest absolute Gasteiger partial charge is 0.310 e. The van der Waals surface area contributed by atoms with Crippen LogP contribution in [0.1, 0.15) is 77.9 Å².